The topological polar surface area (TPSA) is 49.3 Å². The summed E-state index contributed by atoms with van der Waals surface area (Å²) in [6.45, 7) is 1.91. The third kappa shape index (κ3) is 3.11. The molecule has 74 valence electrons. The lowest BCUT2D eigenvalue weighted by Crippen LogP contribution is -1.93. The van der Waals surface area contributed by atoms with Crippen LogP contribution in [0.4, 0.5) is 5.69 Å². The number of benzene rings is 1. The van der Waals surface area contributed by atoms with Gasteiger partial charge in [-0.1, -0.05) is 17.7 Å². The van der Waals surface area contributed by atoms with Gasteiger partial charge in [0.2, 0.25) is 0 Å². The average molecular weight is 212 g/mol. The van der Waals surface area contributed by atoms with E-state index in [0.29, 0.717) is 5.02 Å². The second kappa shape index (κ2) is 4.67. The van der Waals surface area contributed by atoms with E-state index in [1.165, 1.54) is 6.20 Å². The molecule has 0 amide bonds. The monoisotopic (exact) mass is 211 g/mol. The summed E-state index contributed by atoms with van der Waals surface area (Å²) in [4.78, 5) is 10.2. The van der Waals surface area contributed by atoms with Crippen LogP contribution in [0.5, 0.6) is 0 Å². The first-order valence-electron chi connectivity index (χ1n) is 4.02. The zero-order valence-corrected chi connectivity index (χ0v) is 8.38. The van der Waals surface area contributed by atoms with E-state index in [1.54, 1.807) is 12.1 Å². The number of rotatable bonds is 3. The lowest BCUT2D eigenvalue weighted by atomic mass is 10.2. The molecule has 0 aliphatic heterocycles. The van der Waals surface area contributed by atoms with E-state index in [1.807, 2.05) is 13.0 Å². The maximum atomic E-state index is 10.2. The minimum absolute atomic E-state index is 0.613. The van der Waals surface area contributed by atoms with Crippen LogP contribution in [0.15, 0.2) is 30.5 Å². The summed E-state index contributed by atoms with van der Waals surface area (Å²) in [7, 11) is 0. The number of hydrogen-bond donors (Lipinski definition) is 2. The molecule has 4 heteroatoms. The number of halogens is 1. The number of aliphatic carboxylic acids is 1. The summed E-state index contributed by atoms with van der Waals surface area (Å²) in [5.74, 6) is -0.989. The first-order valence-corrected chi connectivity index (χ1v) is 4.39. The summed E-state index contributed by atoms with van der Waals surface area (Å²) in [5.41, 5.74) is 1.81. The lowest BCUT2D eigenvalue weighted by molar-refractivity contribution is -0.131. The predicted octanol–water partition coefficient (Wildman–Crippen LogP) is 2.66. The van der Waals surface area contributed by atoms with Crippen LogP contribution in [0.1, 0.15) is 5.56 Å². The normalized spacial score (nSPS) is 10.4. The Hall–Kier alpha value is -1.48. The summed E-state index contributed by atoms with van der Waals surface area (Å²) in [5, 5.41) is 11.8. The summed E-state index contributed by atoms with van der Waals surface area (Å²) in [6, 6.07) is 5.38. The van der Waals surface area contributed by atoms with Gasteiger partial charge >= 0.3 is 5.97 Å². The van der Waals surface area contributed by atoms with Crippen molar-refractivity contribution in [1.29, 1.82) is 0 Å². The van der Waals surface area contributed by atoms with Gasteiger partial charge in [0, 0.05) is 23.0 Å². The Kier molecular flexibility index (Phi) is 3.54. The molecule has 0 aromatic heterocycles. The number of carboxylic acids is 1. The minimum Gasteiger partial charge on any atom is -0.478 e. The molecule has 0 bridgehead atoms. The zero-order chi connectivity index (χ0) is 10.6. The van der Waals surface area contributed by atoms with Crippen LogP contribution in [0, 0.1) is 6.92 Å². The van der Waals surface area contributed by atoms with Crippen LogP contribution >= 0.6 is 11.6 Å². The standard InChI is InChI=1S/C10H10ClNO2/c1-7-2-3-8(11)6-9(7)12-5-4-10(13)14/h2-6,12H,1H3,(H,13,14)/b5-4+. The van der Waals surface area contributed by atoms with Crippen molar-refractivity contribution >= 4 is 23.3 Å². The van der Waals surface area contributed by atoms with Gasteiger partial charge in [0.1, 0.15) is 0 Å². The molecular weight excluding hydrogens is 202 g/mol. The SMILES string of the molecule is Cc1ccc(Cl)cc1N/C=C/C(=O)O. The molecule has 14 heavy (non-hydrogen) atoms. The van der Waals surface area contributed by atoms with E-state index in [0.717, 1.165) is 17.3 Å². The quantitative estimate of drug-likeness (QED) is 0.756. The maximum Gasteiger partial charge on any atom is 0.329 e. The smallest absolute Gasteiger partial charge is 0.329 e. The number of nitrogens with one attached hydrogen (secondary N) is 1. The summed E-state index contributed by atoms with van der Waals surface area (Å²) >= 11 is 5.78. The fraction of sp³-hybridized carbons (Fsp3) is 0.100. The van der Waals surface area contributed by atoms with Gasteiger partial charge in [-0.2, -0.15) is 0 Å². The highest BCUT2D eigenvalue weighted by molar-refractivity contribution is 6.30. The molecule has 0 aliphatic carbocycles. The van der Waals surface area contributed by atoms with Gasteiger partial charge in [-0.3, -0.25) is 0 Å². The van der Waals surface area contributed by atoms with E-state index in [9.17, 15) is 4.79 Å². The van der Waals surface area contributed by atoms with Gasteiger partial charge in [-0.25, -0.2) is 4.79 Å². The van der Waals surface area contributed by atoms with Gasteiger partial charge < -0.3 is 10.4 Å². The van der Waals surface area contributed by atoms with Crippen LogP contribution in [-0.4, -0.2) is 11.1 Å². The summed E-state index contributed by atoms with van der Waals surface area (Å²) < 4.78 is 0. The number of hydrogen-bond acceptors (Lipinski definition) is 2. The Morgan fingerprint density at radius 2 is 2.29 bits per heavy atom. The van der Waals surface area contributed by atoms with Gasteiger partial charge in [0.05, 0.1) is 0 Å². The molecule has 0 atom stereocenters. The van der Waals surface area contributed by atoms with Crippen LogP contribution < -0.4 is 5.32 Å². The Morgan fingerprint density at radius 3 is 2.93 bits per heavy atom. The molecule has 0 spiro atoms. The van der Waals surface area contributed by atoms with Crippen molar-refractivity contribution in [2.24, 2.45) is 0 Å². The molecule has 0 saturated heterocycles. The van der Waals surface area contributed by atoms with Crippen molar-refractivity contribution < 1.29 is 9.90 Å². The Labute approximate surface area is 87.0 Å². The van der Waals surface area contributed by atoms with Gasteiger partial charge in [0.25, 0.3) is 0 Å². The van der Waals surface area contributed by atoms with Crippen LogP contribution in [-0.2, 0) is 4.79 Å². The Morgan fingerprint density at radius 1 is 1.57 bits per heavy atom. The zero-order valence-electron chi connectivity index (χ0n) is 7.62. The molecule has 0 heterocycles. The Bertz CT molecular complexity index is 374. The highest BCUT2D eigenvalue weighted by Crippen LogP contribution is 2.19. The fourth-order valence-corrected chi connectivity index (χ4v) is 1.12. The minimum atomic E-state index is -0.989. The number of carboxylic acid groups (broad SMARTS) is 1. The molecular formula is C10H10ClNO2. The van der Waals surface area contributed by atoms with Crippen LogP contribution in [0.3, 0.4) is 0 Å². The van der Waals surface area contributed by atoms with Gasteiger partial charge in [0.15, 0.2) is 0 Å². The van der Waals surface area contributed by atoms with Crippen molar-refractivity contribution in [2.75, 3.05) is 5.32 Å². The number of carbonyl (C=O) groups is 1. The highest BCUT2D eigenvalue weighted by Gasteiger charge is 1.96. The molecule has 0 unspecified atom stereocenters. The molecule has 1 aromatic carbocycles. The second-order valence-corrected chi connectivity index (χ2v) is 3.21. The highest BCUT2D eigenvalue weighted by atomic mass is 35.5. The van der Waals surface area contributed by atoms with Crippen molar-refractivity contribution in [3.05, 3.63) is 41.1 Å². The average Bonchev–Trinajstić information content (AvgIpc) is 2.10. The van der Waals surface area contributed by atoms with Crippen LogP contribution in [0.2, 0.25) is 5.02 Å². The fourth-order valence-electron chi connectivity index (χ4n) is 0.952. The van der Waals surface area contributed by atoms with E-state index < -0.39 is 5.97 Å². The van der Waals surface area contributed by atoms with Gasteiger partial charge in [-0.15, -0.1) is 0 Å². The van der Waals surface area contributed by atoms with E-state index in [4.69, 9.17) is 16.7 Å². The Balaban J connectivity index is 2.76. The van der Waals surface area contributed by atoms with Crippen molar-refractivity contribution in [3.8, 4) is 0 Å². The van der Waals surface area contributed by atoms with Crippen molar-refractivity contribution in [1.82, 2.24) is 0 Å². The molecule has 0 aliphatic rings. The molecule has 0 saturated carbocycles. The van der Waals surface area contributed by atoms with E-state index >= 15 is 0 Å². The van der Waals surface area contributed by atoms with Crippen molar-refractivity contribution in [3.63, 3.8) is 0 Å². The third-order valence-corrected chi connectivity index (χ3v) is 1.90. The first kappa shape index (κ1) is 10.6. The van der Waals surface area contributed by atoms with Gasteiger partial charge in [-0.05, 0) is 24.6 Å². The molecule has 1 rings (SSSR count). The number of anilines is 1. The van der Waals surface area contributed by atoms with E-state index in [-0.39, 0.29) is 0 Å². The van der Waals surface area contributed by atoms with E-state index in [2.05, 4.69) is 5.32 Å². The maximum absolute atomic E-state index is 10.2. The van der Waals surface area contributed by atoms with Crippen molar-refractivity contribution in [2.45, 2.75) is 6.92 Å². The number of aryl methyl sites for hydroxylation is 1. The molecule has 0 fully saturated rings. The molecule has 0 radical (unpaired) electrons. The molecule has 2 N–H and O–H groups in total. The second-order valence-electron chi connectivity index (χ2n) is 2.78. The molecule has 1 aromatic rings. The van der Waals surface area contributed by atoms with Crippen LogP contribution in [0.25, 0.3) is 0 Å². The largest absolute Gasteiger partial charge is 0.478 e. The lowest BCUT2D eigenvalue weighted by Gasteiger charge is -2.04. The molecule has 3 nitrogen and oxygen atoms in total. The predicted molar refractivity (Wildman–Crippen MR) is 56.6 cm³/mol. The summed E-state index contributed by atoms with van der Waals surface area (Å²) in [6.07, 6.45) is 2.39. The third-order valence-electron chi connectivity index (χ3n) is 1.66. The first-order chi connectivity index (χ1) is 6.59.